The molecule has 2 heterocycles. The van der Waals surface area contributed by atoms with Gasteiger partial charge in [0.2, 0.25) is 5.95 Å². The van der Waals surface area contributed by atoms with Gasteiger partial charge in [-0.25, -0.2) is 0 Å². The zero-order chi connectivity index (χ0) is 14.5. The second kappa shape index (κ2) is 6.49. The predicted molar refractivity (Wildman–Crippen MR) is 83.3 cm³/mol. The number of piperazine rings is 1. The van der Waals surface area contributed by atoms with E-state index >= 15 is 0 Å². The van der Waals surface area contributed by atoms with Crippen molar-refractivity contribution in [2.45, 2.75) is 6.54 Å². The molecule has 0 radical (unpaired) electrons. The molecule has 1 aliphatic rings. The Labute approximate surface area is 124 Å². The van der Waals surface area contributed by atoms with Crippen LogP contribution >= 0.6 is 0 Å². The van der Waals surface area contributed by atoms with Gasteiger partial charge in [-0.1, -0.05) is 30.3 Å². The van der Waals surface area contributed by atoms with Gasteiger partial charge >= 0.3 is 0 Å². The summed E-state index contributed by atoms with van der Waals surface area (Å²) in [7, 11) is 2.14. The summed E-state index contributed by atoms with van der Waals surface area (Å²) in [5, 5.41) is 11.3. The molecule has 0 unspecified atom stereocenters. The number of anilines is 2. The first-order valence-corrected chi connectivity index (χ1v) is 7.22. The van der Waals surface area contributed by atoms with Crippen molar-refractivity contribution in [3.05, 3.63) is 42.1 Å². The minimum Gasteiger partial charge on any atom is -0.353 e. The smallest absolute Gasteiger partial charge is 0.244 e. The molecular weight excluding hydrogens is 264 g/mol. The molecule has 0 amide bonds. The number of hydrogen-bond donors (Lipinski definition) is 1. The first kappa shape index (κ1) is 13.8. The summed E-state index contributed by atoms with van der Waals surface area (Å²) < 4.78 is 0. The standard InChI is InChI=1S/C15H20N6/c1-20-7-9-21(10-8-20)14-12-17-19-15(18-14)16-11-13-5-3-2-4-6-13/h2-6,12H,7-11H2,1H3,(H,16,18,19). The molecule has 3 rings (SSSR count). The molecule has 1 fully saturated rings. The van der Waals surface area contributed by atoms with Crippen LogP contribution < -0.4 is 10.2 Å². The topological polar surface area (TPSA) is 57.2 Å². The lowest BCUT2D eigenvalue weighted by atomic mass is 10.2. The van der Waals surface area contributed by atoms with Gasteiger partial charge in [0.05, 0.1) is 6.20 Å². The van der Waals surface area contributed by atoms with Gasteiger partial charge in [-0.15, -0.1) is 5.10 Å². The van der Waals surface area contributed by atoms with Gasteiger partial charge < -0.3 is 15.1 Å². The van der Waals surface area contributed by atoms with Crippen LogP contribution in [0.15, 0.2) is 36.5 Å². The molecule has 6 nitrogen and oxygen atoms in total. The van der Waals surface area contributed by atoms with Gasteiger partial charge in [0.15, 0.2) is 5.82 Å². The minimum absolute atomic E-state index is 0.579. The highest BCUT2D eigenvalue weighted by Crippen LogP contribution is 2.13. The molecule has 0 saturated carbocycles. The van der Waals surface area contributed by atoms with Crippen molar-refractivity contribution in [1.29, 1.82) is 0 Å². The van der Waals surface area contributed by atoms with Gasteiger partial charge in [-0.3, -0.25) is 0 Å². The Balaban J connectivity index is 1.63. The van der Waals surface area contributed by atoms with Gasteiger partial charge in [0.1, 0.15) is 0 Å². The third-order valence-corrected chi connectivity index (χ3v) is 3.67. The Kier molecular flexibility index (Phi) is 4.25. The fourth-order valence-corrected chi connectivity index (χ4v) is 2.33. The van der Waals surface area contributed by atoms with Crippen molar-refractivity contribution in [3.63, 3.8) is 0 Å². The van der Waals surface area contributed by atoms with Crippen molar-refractivity contribution in [1.82, 2.24) is 20.1 Å². The lowest BCUT2D eigenvalue weighted by molar-refractivity contribution is 0.312. The third-order valence-electron chi connectivity index (χ3n) is 3.67. The van der Waals surface area contributed by atoms with Crippen LogP contribution in [0, 0.1) is 0 Å². The van der Waals surface area contributed by atoms with Gasteiger partial charge in [-0.05, 0) is 12.6 Å². The maximum atomic E-state index is 4.56. The molecule has 1 aromatic heterocycles. The normalized spacial score (nSPS) is 16.0. The van der Waals surface area contributed by atoms with E-state index in [4.69, 9.17) is 0 Å². The summed E-state index contributed by atoms with van der Waals surface area (Å²) in [5.41, 5.74) is 1.20. The number of benzene rings is 1. The second-order valence-corrected chi connectivity index (χ2v) is 5.27. The fraction of sp³-hybridized carbons (Fsp3) is 0.400. The monoisotopic (exact) mass is 284 g/mol. The SMILES string of the molecule is CN1CCN(c2cnnc(NCc3ccccc3)n2)CC1. The van der Waals surface area contributed by atoms with Crippen LogP contribution in [0.25, 0.3) is 0 Å². The highest BCUT2D eigenvalue weighted by Gasteiger charge is 2.16. The van der Waals surface area contributed by atoms with Crippen LogP contribution in [-0.4, -0.2) is 53.3 Å². The van der Waals surface area contributed by atoms with E-state index in [9.17, 15) is 0 Å². The quantitative estimate of drug-likeness (QED) is 0.911. The molecule has 0 spiro atoms. The van der Waals surface area contributed by atoms with Crippen LogP contribution in [0.3, 0.4) is 0 Å². The van der Waals surface area contributed by atoms with Gasteiger partial charge in [0.25, 0.3) is 0 Å². The summed E-state index contributed by atoms with van der Waals surface area (Å²) in [6, 6.07) is 10.2. The van der Waals surface area contributed by atoms with E-state index in [0.29, 0.717) is 12.5 Å². The Morgan fingerprint density at radius 3 is 2.62 bits per heavy atom. The second-order valence-electron chi connectivity index (χ2n) is 5.27. The van der Waals surface area contributed by atoms with Crippen LogP contribution in [0.1, 0.15) is 5.56 Å². The van der Waals surface area contributed by atoms with E-state index in [1.807, 2.05) is 18.2 Å². The largest absolute Gasteiger partial charge is 0.353 e. The van der Waals surface area contributed by atoms with Crippen molar-refractivity contribution < 1.29 is 0 Å². The Bertz CT molecular complexity index is 565. The molecule has 21 heavy (non-hydrogen) atoms. The third kappa shape index (κ3) is 3.66. The predicted octanol–water partition coefficient (Wildman–Crippen LogP) is 1.24. The highest BCUT2D eigenvalue weighted by atomic mass is 15.3. The Morgan fingerprint density at radius 2 is 1.86 bits per heavy atom. The molecule has 110 valence electrons. The highest BCUT2D eigenvalue weighted by molar-refractivity contribution is 5.41. The summed E-state index contributed by atoms with van der Waals surface area (Å²) in [6.45, 7) is 4.77. The van der Waals surface area contributed by atoms with Crippen LogP contribution in [0.5, 0.6) is 0 Å². The summed E-state index contributed by atoms with van der Waals surface area (Å²) in [5.74, 6) is 1.48. The van der Waals surface area contributed by atoms with E-state index in [-0.39, 0.29) is 0 Å². The van der Waals surface area contributed by atoms with Crippen molar-refractivity contribution in [2.24, 2.45) is 0 Å². The van der Waals surface area contributed by atoms with E-state index < -0.39 is 0 Å². The maximum absolute atomic E-state index is 4.56. The minimum atomic E-state index is 0.579. The number of aromatic nitrogens is 3. The fourth-order valence-electron chi connectivity index (χ4n) is 2.33. The van der Waals surface area contributed by atoms with Crippen molar-refractivity contribution >= 4 is 11.8 Å². The molecule has 1 aromatic carbocycles. The van der Waals surface area contributed by atoms with Gasteiger partial charge in [-0.2, -0.15) is 10.1 Å². The number of hydrogen-bond acceptors (Lipinski definition) is 6. The average molecular weight is 284 g/mol. The molecular formula is C15H20N6. The van der Waals surface area contributed by atoms with E-state index in [0.717, 1.165) is 32.0 Å². The van der Waals surface area contributed by atoms with Crippen LogP contribution in [-0.2, 0) is 6.54 Å². The maximum Gasteiger partial charge on any atom is 0.244 e. The van der Waals surface area contributed by atoms with E-state index in [1.165, 1.54) is 5.56 Å². The molecule has 0 aliphatic carbocycles. The van der Waals surface area contributed by atoms with Gasteiger partial charge in [0, 0.05) is 32.7 Å². The van der Waals surface area contributed by atoms with Crippen molar-refractivity contribution in [3.8, 4) is 0 Å². The number of nitrogens with one attached hydrogen (secondary N) is 1. The van der Waals surface area contributed by atoms with Crippen LogP contribution in [0.2, 0.25) is 0 Å². The first-order chi connectivity index (χ1) is 10.3. The molecule has 1 aliphatic heterocycles. The Hall–Kier alpha value is -2.21. The summed E-state index contributed by atoms with van der Waals surface area (Å²) >= 11 is 0. The van der Waals surface area contributed by atoms with Crippen LogP contribution in [0.4, 0.5) is 11.8 Å². The lowest BCUT2D eigenvalue weighted by Crippen LogP contribution is -2.44. The number of likely N-dealkylation sites (N-methyl/N-ethyl adjacent to an activating group) is 1. The Morgan fingerprint density at radius 1 is 1.10 bits per heavy atom. The molecule has 1 saturated heterocycles. The summed E-state index contributed by atoms with van der Waals surface area (Å²) in [4.78, 5) is 9.13. The molecule has 0 bridgehead atoms. The molecule has 0 atom stereocenters. The lowest BCUT2D eigenvalue weighted by Gasteiger charge is -2.32. The summed E-state index contributed by atoms with van der Waals surface area (Å²) in [6.07, 6.45) is 1.74. The first-order valence-electron chi connectivity index (χ1n) is 7.22. The molecule has 1 N–H and O–H groups in total. The average Bonchev–Trinajstić information content (AvgIpc) is 2.55. The molecule has 6 heteroatoms. The number of nitrogens with zero attached hydrogens (tertiary/aromatic N) is 5. The zero-order valence-electron chi connectivity index (χ0n) is 12.2. The zero-order valence-corrected chi connectivity index (χ0v) is 12.2. The number of rotatable bonds is 4. The molecule has 2 aromatic rings. The van der Waals surface area contributed by atoms with E-state index in [1.54, 1.807) is 6.20 Å². The van der Waals surface area contributed by atoms with E-state index in [2.05, 4.69) is 49.5 Å². The van der Waals surface area contributed by atoms with Crippen molar-refractivity contribution in [2.75, 3.05) is 43.4 Å².